The summed E-state index contributed by atoms with van der Waals surface area (Å²) in [6.07, 6.45) is 3.72. The minimum atomic E-state index is 0.454. The van der Waals surface area contributed by atoms with E-state index in [1.807, 2.05) is 48.8 Å². The van der Waals surface area contributed by atoms with Crippen LogP contribution in [0.4, 0.5) is 5.69 Å². The number of ether oxygens (including phenoxy) is 1. The lowest BCUT2D eigenvalue weighted by molar-refractivity contribution is 0.198. The number of anilines is 1. The fourth-order valence-corrected chi connectivity index (χ4v) is 3.96. The average Bonchev–Trinajstić information content (AvgIpc) is 3.17. The summed E-state index contributed by atoms with van der Waals surface area (Å²) >= 11 is 0. The largest absolute Gasteiger partial charge is 0.486 e. The highest BCUT2D eigenvalue weighted by molar-refractivity contribution is 5.75. The van der Waals surface area contributed by atoms with Gasteiger partial charge in [-0.1, -0.05) is 30.3 Å². The van der Waals surface area contributed by atoms with Crippen LogP contribution in [0.2, 0.25) is 0 Å². The molecule has 1 aliphatic heterocycles. The molecule has 6 nitrogen and oxygen atoms in total. The number of rotatable bonds is 6. The van der Waals surface area contributed by atoms with Gasteiger partial charge in [-0.15, -0.1) is 0 Å². The lowest BCUT2D eigenvalue weighted by Crippen LogP contribution is -2.47. The highest BCUT2D eigenvalue weighted by Gasteiger charge is 2.20. The van der Waals surface area contributed by atoms with Crippen LogP contribution >= 0.6 is 0 Å². The Hall–Kier alpha value is -3.38. The zero-order valence-electron chi connectivity index (χ0n) is 16.9. The summed E-state index contributed by atoms with van der Waals surface area (Å²) in [5.74, 6) is 1.82. The molecule has 1 saturated heterocycles. The first-order valence-electron chi connectivity index (χ1n) is 10.4. The Labute approximate surface area is 176 Å². The quantitative estimate of drug-likeness (QED) is 0.494. The van der Waals surface area contributed by atoms with Crippen LogP contribution in [0.5, 0.6) is 5.75 Å². The normalized spacial score (nSPS) is 14.9. The third-order valence-electron chi connectivity index (χ3n) is 5.59. The van der Waals surface area contributed by atoms with E-state index in [1.54, 1.807) is 0 Å². The molecule has 5 rings (SSSR count). The van der Waals surface area contributed by atoms with Gasteiger partial charge in [-0.05, 0) is 36.4 Å². The van der Waals surface area contributed by atoms with Crippen molar-refractivity contribution in [2.75, 3.05) is 31.1 Å². The van der Waals surface area contributed by atoms with Crippen LogP contribution in [0, 0.1) is 0 Å². The summed E-state index contributed by atoms with van der Waals surface area (Å²) in [4.78, 5) is 13.9. The van der Waals surface area contributed by atoms with E-state index in [2.05, 4.69) is 49.7 Å². The van der Waals surface area contributed by atoms with Crippen molar-refractivity contribution in [3.05, 3.63) is 84.9 Å². The summed E-state index contributed by atoms with van der Waals surface area (Å²) in [7, 11) is 0. The number of benzene rings is 2. The second-order valence-electron chi connectivity index (χ2n) is 7.50. The molecular weight excluding hydrogens is 374 g/mol. The van der Waals surface area contributed by atoms with Gasteiger partial charge in [0.15, 0.2) is 0 Å². The number of hydrogen-bond acceptors (Lipinski definition) is 5. The Balaban J connectivity index is 1.31. The molecule has 0 atom stereocenters. The van der Waals surface area contributed by atoms with E-state index in [1.165, 1.54) is 5.69 Å². The molecule has 2 aromatic heterocycles. The monoisotopic (exact) mass is 399 g/mol. The fourth-order valence-electron chi connectivity index (χ4n) is 3.96. The lowest BCUT2D eigenvalue weighted by Gasteiger charge is -2.36. The van der Waals surface area contributed by atoms with Gasteiger partial charge in [0.2, 0.25) is 0 Å². The van der Waals surface area contributed by atoms with E-state index in [4.69, 9.17) is 9.72 Å². The molecule has 152 valence electrons. The van der Waals surface area contributed by atoms with Gasteiger partial charge in [0.1, 0.15) is 18.2 Å². The predicted octanol–water partition coefficient (Wildman–Crippen LogP) is 3.79. The topological polar surface area (TPSA) is 46.4 Å². The standard InChI is InChI=1S/C24H25N5O/c1-2-6-21(7-3-1)30-18-24-26-22-8-4-5-9-23(22)29(24)19-27-14-16-28(17-15-27)20-10-12-25-13-11-20/h1-13H,14-19H2. The molecule has 2 aromatic carbocycles. The number of aromatic nitrogens is 3. The Morgan fingerprint density at radius 3 is 2.33 bits per heavy atom. The first-order chi connectivity index (χ1) is 14.9. The van der Waals surface area contributed by atoms with E-state index in [9.17, 15) is 0 Å². The highest BCUT2D eigenvalue weighted by atomic mass is 16.5. The molecule has 0 radical (unpaired) electrons. The number of para-hydroxylation sites is 3. The van der Waals surface area contributed by atoms with E-state index in [0.717, 1.165) is 55.5 Å². The van der Waals surface area contributed by atoms with E-state index < -0.39 is 0 Å². The summed E-state index contributed by atoms with van der Waals surface area (Å²) in [5, 5.41) is 0. The molecule has 3 heterocycles. The summed E-state index contributed by atoms with van der Waals surface area (Å²) in [6, 6.07) is 22.4. The van der Waals surface area contributed by atoms with Crippen molar-refractivity contribution in [1.82, 2.24) is 19.4 Å². The van der Waals surface area contributed by atoms with Crippen molar-refractivity contribution in [2.24, 2.45) is 0 Å². The second-order valence-corrected chi connectivity index (χ2v) is 7.50. The Kier molecular flexibility index (Phi) is 5.31. The predicted molar refractivity (Wildman–Crippen MR) is 119 cm³/mol. The molecule has 0 N–H and O–H groups in total. The summed E-state index contributed by atoms with van der Waals surface area (Å²) < 4.78 is 8.30. The zero-order chi connectivity index (χ0) is 20.2. The first kappa shape index (κ1) is 18.6. The molecule has 1 aliphatic rings. The van der Waals surface area contributed by atoms with Crippen LogP contribution < -0.4 is 9.64 Å². The summed E-state index contributed by atoms with van der Waals surface area (Å²) in [6.45, 7) is 5.30. The van der Waals surface area contributed by atoms with Gasteiger partial charge >= 0.3 is 0 Å². The minimum absolute atomic E-state index is 0.454. The number of pyridine rings is 1. The van der Waals surface area contributed by atoms with Gasteiger partial charge in [0.25, 0.3) is 0 Å². The molecule has 6 heteroatoms. The molecule has 0 saturated carbocycles. The first-order valence-corrected chi connectivity index (χ1v) is 10.4. The molecular formula is C24H25N5O. The van der Waals surface area contributed by atoms with E-state index in [-0.39, 0.29) is 0 Å². The third kappa shape index (κ3) is 4.00. The van der Waals surface area contributed by atoms with Gasteiger partial charge in [-0.25, -0.2) is 4.98 Å². The molecule has 0 aliphatic carbocycles. The maximum absolute atomic E-state index is 6.01. The van der Waals surface area contributed by atoms with Crippen LogP contribution in [-0.2, 0) is 13.3 Å². The van der Waals surface area contributed by atoms with Crippen LogP contribution in [-0.4, -0.2) is 45.6 Å². The van der Waals surface area contributed by atoms with Crippen molar-refractivity contribution in [3.8, 4) is 5.75 Å². The average molecular weight is 399 g/mol. The molecule has 30 heavy (non-hydrogen) atoms. The number of fused-ring (bicyclic) bond motifs is 1. The maximum atomic E-state index is 6.01. The van der Waals surface area contributed by atoms with E-state index >= 15 is 0 Å². The molecule has 0 amide bonds. The van der Waals surface area contributed by atoms with Crippen molar-refractivity contribution in [3.63, 3.8) is 0 Å². The fraction of sp³-hybridized carbons (Fsp3) is 0.250. The summed E-state index contributed by atoms with van der Waals surface area (Å²) in [5.41, 5.74) is 3.41. The Morgan fingerprint density at radius 2 is 1.53 bits per heavy atom. The van der Waals surface area contributed by atoms with Gasteiger partial charge < -0.3 is 14.2 Å². The van der Waals surface area contributed by atoms with E-state index in [0.29, 0.717) is 6.61 Å². The second kappa shape index (κ2) is 8.55. The highest BCUT2D eigenvalue weighted by Crippen LogP contribution is 2.20. The number of nitrogens with zero attached hydrogens (tertiary/aromatic N) is 5. The Morgan fingerprint density at radius 1 is 0.800 bits per heavy atom. The van der Waals surface area contributed by atoms with Crippen LogP contribution in [0.1, 0.15) is 5.82 Å². The zero-order valence-corrected chi connectivity index (χ0v) is 16.9. The van der Waals surface area contributed by atoms with Crippen LogP contribution in [0.3, 0.4) is 0 Å². The van der Waals surface area contributed by atoms with Crippen molar-refractivity contribution in [2.45, 2.75) is 13.3 Å². The number of imidazole rings is 1. The van der Waals surface area contributed by atoms with Crippen molar-refractivity contribution in [1.29, 1.82) is 0 Å². The van der Waals surface area contributed by atoms with Gasteiger partial charge in [-0.2, -0.15) is 0 Å². The minimum Gasteiger partial charge on any atom is -0.486 e. The lowest BCUT2D eigenvalue weighted by atomic mass is 10.3. The molecule has 1 fully saturated rings. The maximum Gasteiger partial charge on any atom is 0.149 e. The van der Waals surface area contributed by atoms with Crippen LogP contribution in [0.15, 0.2) is 79.1 Å². The van der Waals surface area contributed by atoms with Crippen molar-refractivity contribution >= 4 is 16.7 Å². The van der Waals surface area contributed by atoms with Gasteiger partial charge in [0, 0.05) is 44.3 Å². The number of piperazine rings is 1. The Bertz CT molecular complexity index is 1090. The van der Waals surface area contributed by atoms with Crippen LogP contribution in [0.25, 0.3) is 11.0 Å². The SMILES string of the molecule is c1ccc(OCc2nc3ccccc3n2CN2CCN(c3ccncc3)CC2)cc1. The molecule has 4 aromatic rings. The smallest absolute Gasteiger partial charge is 0.149 e. The van der Waals surface area contributed by atoms with Crippen molar-refractivity contribution < 1.29 is 4.74 Å². The van der Waals surface area contributed by atoms with Gasteiger partial charge in [0.05, 0.1) is 17.7 Å². The molecule has 0 bridgehead atoms. The third-order valence-corrected chi connectivity index (χ3v) is 5.59. The van der Waals surface area contributed by atoms with Gasteiger partial charge in [-0.3, -0.25) is 9.88 Å². The molecule has 0 unspecified atom stereocenters. The number of hydrogen-bond donors (Lipinski definition) is 0. The molecule has 0 spiro atoms.